The molecule has 0 unspecified atom stereocenters. The molecule has 0 rings (SSSR count). The van der Waals surface area contributed by atoms with Crippen LogP contribution in [0.25, 0.3) is 0 Å². The van der Waals surface area contributed by atoms with Gasteiger partial charge in [-0.1, -0.05) is 6.08 Å². The van der Waals surface area contributed by atoms with E-state index < -0.39 is 6.67 Å². The molecule has 0 aromatic carbocycles. The van der Waals surface area contributed by atoms with Crippen LogP contribution in [0.2, 0.25) is 0 Å². The van der Waals surface area contributed by atoms with Crippen LogP contribution < -0.4 is 11.1 Å². The molecule has 0 atom stereocenters. The Morgan fingerprint density at radius 2 is 2.33 bits per heavy atom. The molecule has 3 nitrogen and oxygen atoms in total. The number of nitrogens with two attached hydrogens (primary N) is 1. The van der Waals surface area contributed by atoms with Crippen molar-refractivity contribution in [3.8, 4) is 0 Å². The van der Waals surface area contributed by atoms with Gasteiger partial charge in [-0.2, -0.15) is 0 Å². The summed E-state index contributed by atoms with van der Waals surface area (Å²) in [6.45, 7) is 0.486. The lowest BCUT2D eigenvalue weighted by molar-refractivity contribution is 0.293. The number of hydrogen-bond donors (Lipinski definition) is 3. The van der Waals surface area contributed by atoms with Crippen LogP contribution in [0.5, 0.6) is 0 Å². The number of aliphatic hydroxyl groups is 1. The molecular weight excluding hydrogens is 159 g/mol. The molecular formula is C8H15FN2O. The Morgan fingerprint density at radius 1 is 1.58 bits per heavy atom. The summed E-state index contributed by atoms with van der Waals surface area (Å²) in [6, 6.07) is 0. The van der Waals surface area contributed by atoms with Gasteiger partial charge in [0, 0.05) is 13.1 Å². The lowest BCUT2D eigenvalue weighted by atomic mass is 10.2. The maximum absolute atomic E-state index is 12.2. The van der Waals surface area contributed by atoms with Gasteiger partial charge in [0.25, 0.3) is 0 Å². The molecule has 0 heterocycles. The van der Waals surface area contributed by atoms with E-state index in [2.05, 4.69) is 5.32 Å². The van der Waals surface area contributed by atoms with Gasteiger partial charge in [-0.05, 0) is 17.8 Å². The summed E-state index contributed by atoms with van der Waals surface area (Å²) < 4.78 is 12.2. The molecule has 0 aliphatic heterocycles. The second-order valence-electron chi connectivity index (χ2n) is 2.24. The fraction of sp³-hybridized carbons (Fsp3) is 0.500. The first-order valence-corrected chi connectivity index (χ1v) is 3.79. The van der Waals surface area contributed by atoms with E-state index in [1.807, 2.05) is 0 Å². The van der Waals surface area contributed by atoms with E-state index in [1.54, 1.807) is 12.2 Å². The van der Waals surface area contributed by atoms with E-state index in [1.165, 1.54) is 6.20 Å². The lowest BCUT2D eigenvalue weighted by Crippen LogP contribution is -2.21. The lowest BCUT2D eigenvalue weighted by Gasteiger charge is -2.02. The van der Waals surface area contributed by atoms with Gasteiger partial charge in [0.2, 0.25) is 0 Å². The van der Waals surface area contributed by atoms with Crippen LogP contribution >= 0.6 is 0 Å². The van der Waals surface area contributed by atoms with Gasteiger partial charge in [-0.3, -0.25) is 0 Å². The van der Waals surface area contributed by atoms with E-state index in [0.717, 1.165) is 0 Å². The zero-order chi connectivity index (χ0) is 9.23. The van der Waals surface area contributed by atoms with Crippen molar-refractivity contribution < 1.29 is 9.50 Å². The maximum Gasteiger partial charge on any atom is 0.112 e. The first kappa shape index (κ1) is 11.1. The van der Waals surface area contributed by atoms with E-state index in [9.17, 15) is 4.39 Å². The van der Waals surface area contributed by atoms with E-state index in [-0.39, 0.29) is 6.61 Å². The average molecular weight is 174 g/mol. The molecule has 0 aliphatic rings. The number of hydrogen-bond acceptors (Lipinski definition) is 3. The minimum Gasteiger partial charge on any atom is -0.405 e. The number of rotatable bonds is 6. The predicted molar refractivity (Wildman–Crippen MR) is 47.3 cm³/mol. The Morgan fingerprint density at radius 3 is 2.83 bits per heavy atom. The Hall–Kier alpha value is -0.870. The highest BCUT2D eigenvalue weighted by Crippen LogP contribution is 1.93. The summed E-state index contributed by atoms with van der Waals surface area (Å²) in [5, 5.41) is 11.3. The van der Waals surface area contributed by atoms with Crippen molar-refractivity contribution in [1.82, 2.24) is 5.32 Å². The quantitative estimate of drug-likeness (QED) is 0.390. The maximum atomic E-state index is 12.2. The molecule has 0 saturated carbocycles. The zero-order valence-corrected chi connectivity index (χ0v) is 6.96. The Labute approximate surface area is 71.8 Å². The van der Waals surface area contributed by atoms with Crippen molar-refractivity contribution in [3.05, 3.63) is 23.9 Å². The Kier molecular flexibility index (Phi) is 7.63. The SMILES string of the molecule is N/C=C\C=C(/CF)CNCCO. The van der Waals surface area contributed by atoms with Crippen molar-refractivity contribution >= 4 is 0 Å². The summed E-state index contributed by atoms with van der Waals surface area (Å²) in [6.07, 6.45) is 4.54. The zero-order valence-electron chi connectivity index (χ0n) is 6.96. The normalized spacial score (nSPS) is 12.7. The molecule has 12 heavy (non-hydrogen) atoms. The molecule has 0 aromatic heterocycles. The van der Waals surface area contributed by atoms with Gasteiger partial charge in [0.15, 0.2) is 0 Å². The van der Waals surface area contributed by atoms with E-state index >= 15 is 0 Å². The summed E-state index contributed by atoms with van der Waals surface area (Å²) in [5.41, 5.74) is 5.69. The predicted octanol–water partition coefficient (Wildman–Crippen LogP) is -0.0634. The molecule has 0 aliphatic carbocycles. The van der Waals surface area contributed by atoms with Crippen LogP contribution in [0.15, 0.2) is 23.9 Å². The summed E-state index contributed by atoms with van der Waals surface area (Å²) in [7, 11) is 0. The third-order valence-corrected chi connectivity index (χ3v) is 1.26. The fourth-order valence-corrected chi connectivity index (χ4v) is 0.670. The smallest absolute Gasteiger partial charge is 0.112 e. The number of allylic oxidation sites excluding steroid dienone is 2. The van der Waals surface area contributed by atoms with Crippen LogP contribution in [-0.4, -0.2) is 31.5 Å². The number of halogens is 1. The minimum absolute atomic E-state index is 0.0618. The van der Waals surface area contributed by atoms with Gasteiger partial charge >= 0.3 is 0 Å². The van der Waals surface area contributed by atoms with E-state index in [4.69, 9.17) is 10.8 Å². The van der Waals surface area contributed by atoms with E-state index in [0.29, 0.717) is 18.7 Å². The van der Waals surface area contributed by atoms with Crippen molar-refractivity contribution in [1.29, 1.82) is 0 Å². The highest BCUT2D eigenvalue weighted by atomic mass is 19.1. The molecule has 4 N–H and O–H groups in total. The first-order chi connectivity index (χ1) is 5.85. The molecule has 0 aromatic rings. The van der Waals surface area contributed by atoms with Gasteiger partial charge in [-0.25, -0.2) is 4.39 Å². The van der Waals surface area contributed by atoms with Crippen molar-refractivity contribution in [2.75, 3.05) is 26.4 Å². The van der Waals surface area contributed by atoms with Gasteiger partial charge < -0.3 is 16.2 Å². The second kappa shape index (κ2) is 8.23. The molecule has 4 heteroatoms. The molecule has 0 amide bonds. The summed E-state index contributed by atoms with van der Waals surface area (Å²) in [5.74, 6) is 0. The van der Waals surface area contributed by atoms with Crippen molar-refractivity contribution in [2.24, 2.45) is 5.73 Å². The highest BCUT2D eigenvalue weighted by molar-refractivity contribution is 5.13. The van der Waals surface area contributed by atoms with Crippen molar-refractivity contribution in [2.45, 2.75) is 0 Å². The Balaban J connectivity index is 3.66. The van der Waals surface area contributed by atoms with Gasteiger partial charge in [0.1, 0.15) is 6.67 Å². The summed E-state index contributed by atoms with van der Waals surface area (Å²) in [4.78, 5) is 0. The monoisotopic (exact) mass is 174 g/mol. The van der Waals surface area contributed by atoms with Crippen LogP contribution in [0.3, 0.4) is 0 Å². The van der Waals surface area contributed by atoms with Gasteiger partial charge in [-0.15, -0.1) is 0 Å². The van der Waals surface area contributed by atoms with Gasteiger partial charge in [0.05, 0.1) is 6.61 Å². The largest absolute Gasteiger partial charge is 0.405 e. The third-order valence-electron chi connectivity index (χ3n) is 1.26. The standard InChI is InChI=1S/C8H15FN2O/c9-6-8(2-1-3-10)7-11-4-5-12/h1-3,11-12H,4-7,10H2/b3-1-,8-2+. The summed E-state index contributed by atoms with van der Waals surface area (Å²) >= 11 is 0. The number of nitrogens with one attached hydrogen (secondary N) is 1. The minimum atomic E-state index is -0.497. The topological polar surface area (TPSA) is 58.3 Å². The fourth-order valence-electron chi connectivity index (χ4n) is 0.670. The second-order valence-corrected chi connectivity index (χ2v) is 2.24. The number of aliphatic hydroxyl groups excluding tert-OH is 1. The highest BCUT2D eigenvalue weighted by Gasteiger charge is 1.93. The third kappa shape index (κ3) is 5.88. The molecule has 0 radical (unpaired) electrons. The Bertz CT molecular complexity index is 157. The molecule has 0 spiro atoms. The molecule has 0 fully saturated rings. The van der Waals surface area contributed by atoms with Crippen molar-refractivity contribution in [3.63, 3.8) is 0 Å². The average Bonchev–Trinajstić information content (AvgIpc) is 2.11. The molecule has 70 valence electrons. The molecule has 0 bridgehead atoms. The van der Waals surface area contributed by atoms with Crippen LogP contribution in [0.1, 0.15) is 0 Å². The number of alkyl halides is 1. The molecule has 0 saturated heterocycles. The van der Waals surface area contributed by atoms with Crippen LogP contribution in [0, 0.1) is 0 Å². The first-order valence-electron chi connectivity index (χ1n) is 3.79. The van der Waals surface area contributed by atoms with Crippen LogP contribution in [-0.2, 0) is 0 Å². The van der Waals surface area contributed by atoms with Crippen LogP contribution in [0.4, 0.5) is 4.39 Å².